The number of aliphatic hydroxyl groups is 15. The van der Waals surface area contributed by atoms with Crippen molar-refractivity contribution in [3.8, 4) is 0 Å². The Morgan fingerprint density at radius 2 is 1.25 bits per heavy atom. The number of aliphatic hydroxyl groups excluding tert-OH is 15. The topological polar surface area (TPSA) is 472 Å². The van der Waals surface area contributed by atoms with Gasteiger partial charge in [0.1, 0.15) is 97.6 Å². The van der Waals surface area contributed by atoms with E-state index in [-0.39, 0.29) is 0 Å². The van der Waals surface area contributed by atoms with Gasteiger partial charge in [0.15, 0.2) is 12.6 Å². The van der Waals surface area contributed by atoms with Crippen molar-refractivity contribution in [3.05, 3.63) is 0 Å². The van der Waals surface area contributed by atoms with Crippen LogP contribution in [-0.2, 0) is 47.5 Å². The van der Waals surface area contributed by atoms with Crippen LogP contribution in [0, 0.1) is 0 Å². The first kappa shape index (κ1) is 50.2. The number of hydrogen-bond donors (Lipinski definition) is 18. The highest BCUT2D eigenvalue weighted by Gasteiger charge is 2.60. The van der Waals surface area contributed by atoms with E-state index in [4.69, 9.17) is 33.2 Å². The number of nitrogens with one attached hydrogen (secondary N) is 1. The molecule has 18 N–H and O–H groups in total. The first-order valence-corrected chi connectivity index (χ1v) is 18.4. The number of carboxylic acids is 2. The number of amides is 1. The zero-order valence-corrected chi connectivity index (χ0v) is 31.5. The maximum absolute atomic E-state index is 12.8. The summed E-state index contributed by atoms with van der Waals surface area (Å²) in [6.45, 7) is -3.57. The predicted molar refractivity (Wildman–Crippen MR) is 180 cm³/mol. The lowest BCUT2D eigenvalue weighted by Crippen LogP contribution is -2.69. The fourth-order valence-electron chi connectivity index (χ4n) is 7.18. The highest BCUT2D eigenvalue weighted by atomic mass is 16.8. The molecule has 22 atom stereocenters. The van der Waals surface area contributed by atoms with Gasteiger partial charge >= 0.3 is 11.9 Å². The SMILES string of the molecule is CC(=O)N[C@@H]1[C@@H](O[C@@H]2O[C@H](CO)[C@H](O)[C@H](O)[C@H]2O)[C@@H](O)[C@@H](CO[C@]2(C(=O)O)C[C@H](O)[C@@H](O)[C@H]([C@H](O)[C@@H](CO)O[C@]3(C(=O)O)C[C@H](O)[C@@H](O)[C@H]([C@H](O)[C@H](O)CO)O3)O2)O[C@@H]1O. The Morgan fingerprint density at radius 3 is 1.77 bits per heavy atom. The van der Waals surface area contributed by atoms with Crippen LogP contribution in [0.3, 0.4) is 0 Å². The highest BCUT2D eigenvalue weighted by molar-refractivity contribution is 5.76. The first-order chi connectivity index (χ1) is 28.0. The average molecular weight is 884 g/mol. The minimum Gasteiger partial charge on any atom is -0.477 e. The third kappa shape index (κ3) is 10.3. The molecule has 0 aromatic carbocycles. The van der Waals surface area contributed by atoms with Gasteiger partial charge in [0, 0.05) is 19.8 Å². The fourth-order valence-corrected chi connectivity index (χ4v) is 7.18. The van der Waals surface area contributed by atoms with Crippen molar-refractivity contribution in [1.82, 2.24) is 5.32 Å². The number of rotatable bonds is 17. The van der Waals surface area contributed by atoms with Gasteiger partial charge in [-0.05, 0) is 0 Å². The number of ether oxygens (including phenoxy) is 7. The fraction of sp³-hybridized carbons (Fsp3) is 0.906. The Morgan fingerprint density at radius 1 is 0.700 bits per heavy atom. The molecule has 4 fully saturated rings. The summed E-state index contributed by atoms with van der Waals surface area (Å²) >= 11 is 0. The molecule has 28 nitrogen and oxygen atoms in total. The van der Waals surface area contributed by atoms with Crippen molar-refractivity contribution in [2.24, 2.45) is 0 Å². The summed E-state index contributed by atoms with van der Waals surface area (Å²) in [4.78, 5) is 37.3. The Labute approximate surface area is 337 Å². The molecule has 4 aliphatic heterocycles. The largest absolute Gasteiger partial charge is 0.477 e. The van der Waals surface area contributed by atoms with Gasteiger partial charge in [0.25, 0.3) is 11.6 Å². The maximum atomic E-state index is 12.8. The lowest BCUT2D eigenvalue weighted by molar-refractivity contribution is -0.365. The molecule has 348 valence electrons. The number of carbonyl (C=O) groups is 3. The zero-order chi connectivity index (χ0) is 45.2. The summed E-state index contributed by atoms with van der Waals surface area (Å²) in [6.07, 6.45) is -42.0. The van der Waals surface area contributed by atoms with Crippen molar-refractivity contribution >= 4 is 17.8 Å². The lowest BCUT2D eigenvalue weighted by Gasteiger charge is -2.49. The van der Waals surface area contributed by atoms with Crippen LogP contribution in [-0.4, -0.2) is 265 Å². The van der Waals surface area contributed by atoms with Gasteiger partial charge in [0.2, 0.25) is 5.91 Å². The van der Waals surface area contributed by atoms with Gasteiger partial charge in [-0.3, -0.25) is 4.79 Å². The molecule has 4 rings (SSSR count). The molecule has 28 heteroatoms. The van der Waals surface area contributed by atoms with E-state index in [1.54, 1.807) is 0 Å². The smallest absolute Gasteiger partial charge is 0.364 e. The monoisotopic (exact) mass is 883 g/mol. The van der Waals surface area contributed by atoms with Gasteiger partial charge in [-0.2, -0.15) is 0 Å². The molecule has 4 saturated heterocycles. The Bertz CT molecular complexity index is 1450. The summed E-state index contributed by atoms with van der Waals surface area (Å²) in [5, 5.41) is 179. The van der Waals surface area contributed by atoms with Crippen LogP contribution in [0.1, 0.15) is 19.8 Å². The standard InChI is InChI=1S/C32H53NO27/c1-8(37)33-15-24(57-28-23(48)22(47)19(44)12(5-35)56-28)21(46)14(55-27(15)49)7-54-31(29(50)51)2-9(38)17(42)26(59-31)20(45)13(6-36)58-32(30(52)53)3-10(39)16(41)25(60-32)18(43)11(40)4-34/h9-28,34-36,38-49H,2-7H2,1H3,(H,33,37)(H,50,51)(H,52,53)/t9-,10-,11+,12+,13+,14+,15+,16+,17+,18+,19-,20+,21-,22-,23+,24+,25+,26+,27-,28-,31+,32+/m0/s1. The van der Waals surface area contributed by atoms with E-state index >= 15 is 0 Å². The Kier molecular flexibility index (Phi) is 17.0. The van der Waals surface area contributed by atoms with Crippen molar-refractivity contribution in [2.45, 2.75) is 154 Å². The molecular formula is C32H53NO27. The molecular weight excluding hydrogens is 830 g/mol. The summed E-state index contributed by atoms with van der Waals surface area (Å²) in [6, 6.07) is -1.68. The molecule has 4 aliphatic rings. The predicted octanol–water partition coefficient (Wildman–Crippen LogP) is -11.2. The first-order valence-electron chi connectivity index (χ1n) is 18.4. The summed E-state index contributed by atoms with van der Waals surface area (Å²) in [5.41, 5.74) is 0. The van der Waals surface area contributed by atoms with E-state index in [2.05, 4.69) is 5.32 Å². The van der Waals surface area contributed by atoms with Crippen LogP contribution >= 0.6 is 0 Å². The third-order valence-corrected chi connectivity index (χ3v) is 10.6. The van der Waals surface area contributed by atoms with E-state index in [9.17, 15) is 101 Å². The molecule has 0 bridgehead atoms. The number of aliphatic carboxylic acids is 2. The van der Waals surface area contributed by atoms with Gasteiger partial charge in [0.05, 0.1) is 38.6 Å². The van der Waals surface area contributed by atoms with Crippen LogP contribution in [0.15, 0.2) is 0 Å². The quantitative estimate of drug-likeness (QED) is 0.0645. The van der Waals surface area contributed by atoms with Gasteiger partial charge in [-0.15, -0.1) is 0 Å². The molecule has 0 aromatic heterocycles. The molecule has 4 heterocycles. The van der Waals surface area contributed by atoms with Gasteiger partial charge in [-0.1, -0.05) is 0 Å². The van der Waals surface area contributed by atoms with Crippen molar-refractivity contribution < 1.29 is 134 Å². The van der Waals surface area contributed by atoms with E-state index < -0.39 is 191 Å². The molecule has 60 heavy (non-hydrogen) atoms. The molecule has 0 spiro atoms. The molecule has 0 saturated carbocycles. The van der Waals surface area contributed by atoms with Crippen LogP contribution in [0.2, 0.25) is 0 Å². The van der Waals surface area contributed by atoms with E-state index in [0.29, 0.717) is 0 Å². The summed E-state index contributed by atoms with van der Waals surface area (Å²) in [7, 11) is 0. The summed E-state index contributed by atoms with van der Waals surface area (Å²) in [5.74, 6) is -11.3. The van der Waals surface area contributed by atoms with Crippen molar-refractivity contribution in [1.29, 1.82) is 0 Å². The van der Waals surface area contributed by atoms with E-state index in [0.717, 1.165) is 6.92 Å². The van der Waals surface area contributed by atoms with E-state index in [1.165, 1.54) is 0 Å². The summed E-state index contributed by atoms with van der Waals surface area (Å²) < 4.78 is 37.8. The highest BCUT2D eigenvalue weighted by Crippen LogP contribution is 2.39. The van der Waals surface area contributed by atoms with Gasteiger partial charge in [-0.25, -0.2) is 9.59 Å². The van der Waals surface area contributed by atoms with Crippen molar-refractivity contribution in [3.63, 3.8) is 0 Å². The number of hydrogen-bond acceptors (Lipinski definition) is 25. The lowest BCUT2D eigenvalue weighted by atomic mass is 9.89. The van der Waals surface area contributed by atoms with Crippen molar-refractivity contribution in [2.75, 3.05) is 26.4 Å². The Hall–Kier alpha value is -2.47. The molecule has 0 aromatic rings. The molecule has 0 aliphatic carbocycles. The molecule has 0 unspecified atom stereocenters. The minimum atomic E-state index is -3.19. The van der Waals surface area contributed by atoms with Gasteiger partial charge < -0.3 is 125 Å². The molecule has 1 amide bonds. The number of carbonyl (C=O) groups excluding carboxylic acids is 1. The van der Waals surface area contributed by atoms with Crippen LogP contribution < -0.4 is 5.32 Å². The van der Waals surface area contributed by atoms with Crippen LogP contribution in [0.5, 0.6) is 0 Å². The third-order valence-electron chi connectivity index (χ3n) is 10.6. The molecule has 0 radical (unpaired) electrons. The minimum absolute atomic E-state index is 0.814. The second-order valence-corrected chi connectivity index (χ2v) is 14.8. The zero-order valence-electron chi connectivity index (χ0n) is 31.5. The average Bonchev–Trinajstić information content (AvgIpc) is 3.20. The second kappa shape index (κ2) is 20.4. The van der Waals surface area contributed by atoms with E-state index in [1.807, 2.05) is 0 Å². The van der Waals surface area contributed by atoms with Crippen LogP contribution in [0.25, 0.3) is 0 Å². The van der Waals surface area contributed by atoms with Crippen LogP contribution in [0.4, 0.5) is 0 Å². The maximum Gasteiger partial charge on any atom is 0.364 e. The Balaban J connectivity index is 1.58. The normalized spacial score (nSPS) is 44.6. The number of carboxylic acid groups (broad SMARTS) is 2. The second-order valence-electron chi connectivity index (χ2n) is 14.8.